The SMILES string of the molecule is CC1=C[C@@H]2c3cc(O)cc4[nH]cc(c34)C[C@H]2N(C)C1. The zero-order valence-corrected chi connectivity index (χ0v) is 11.3. The maximum Gasteiger partial charge on any atom is 0.117 e. The van der Waals surface area contributed by atoms with Gasteiger partial charge in [0.2, 0.25) is 0 Å². The monoisotopic (exact) mass is 254 g/mol. The van der Waals surface area contributed by atoms with Gasteiger partial charge < -0.3 is 10.1 Å². The molecule has 0 amide bonds. The van der Waals surface area contributed by atoms with Crippen molar-refractivity contribution in [3.8, 4) is 5.75 Å². The number of nitrogens with one attached hydrogen (secondary N) is 1. The largest absolute Gasteiger partial charge is 0.508 e. The number of benzene rings is 1. The predicted octanol–water partition coefficient (Wildman–Crippen LogP) is 2.77. The first kappa shape index (κ1) is 11.1. The molecular formula is C16H18N2O. The number of nitrogens with zero attached hydrogens (tertiary/aromatic N) is 1. The zero-order chi connectivity index (χ0) is 13.1. The minimum Gasteiger partial charge on any atom is -0.508 e. The third-order valence-corrected chi connectivity index (χ3v) is 4.61. The van der Waals surface area contributed by atoms with Crippen LogP contribution in [0.25, 0.3) is 10.9 Å². The van der Waals surface area contributed by atoms with Crippen molar-refractivity contribution in [3.63, 3.8) is 0 Å². The molecule has 1 aromatic carbocycles. The number of likely N-dealkylation sites (N-methyl/N-ethyl adjacent to an activating group) is 1. The molecule has 2 aliphatic rings. The van der Waals surface area contributed by atoms with E-state index in [1.807, 2.05) is 12.1 Å². The Kier molecular flexibility index (Phi) is 2.13. The average Bonchev–Trinajstić information content (AvgIpc) is 2.74. The second-order valence-electron chi connectivity index (χ2n) is 6.00. The Bertz CT molecular complexity index is 698. The molecule has 2 heterocycles. The highest BCUT2D eigenvalue weighted by atomic mass is 16.3. The van der Waals surface area contributed by atoms with Gasteiger partial charge in [0.15, 0.2) is 0 Å². The topological polar surface area (TPSA) is 39.3 Å². The maximum absolute atomic E-state index is 9.94. The van der Waals surface area contributed by atoms with E-state index in [4.69, 9.17) is 0 Å². The van der Waals surface area contributed by atoms with Crippen LogP contribution in [0.15, 0.2) is 30.0 Å². The van der Waals surface area contributed by atoms with Gasteiger partial charge in [-0.1, -0.05) is 11.6 Å². The summed E-state index contributed by atoms with van der Waals surface area (Å²) in [5.74, 6) is 0.757. The molecule has 2 aromatic rings. The van der Waals surface area contributed by atoms with Crippen LogP contribution in [0.2, 0.25) is 0 Å². The molecule has 1 aliphatic heterocycles. The molecule has 1 aliphatic carbocycles. The predicted molar refractivity (Wildman–Crippen MR) is 76.6 cm³/mol. The lowest BCUT2D eigenvalue weighted by atomic mass is 9.77. The van der Waals surface area contributed by atoms with E-state index < -0.39 is 0 Å². The molecule has 4 rings (SSSR count). The third-order valence-electron chi connectivity index (χ3n) is 4.61. The van der Waals surface area contributed by atoms with E-state index in [9.17, 15) is 5.11 Å². The first-order valence-corrected chi connectivity index (χ1v) is 6.84. The van der Waals surface area contributed by atoms with Crippen LogP contribution in [-0.4, -0.2) is 34.6 Å². The number of H-pyrrole nitrogens is 1. The van der Waals surface area contributed by atoms with Crippen LogP contribution >= 0.6 is 0 Å². The van der Waals surface area contributed by atoms with Crippen LogP contribution in [0.4, 0.5) is 0 Å². The normalized spacial score (nSPS) is 26.3. The molecule has 0 saturated carbocycles. The number of hydrogen-bond acceptors (Lipinski definition) is 2. The summed E-state index contributed by atoms with van der Waals surface area (Å²) in [5, 5.41) is 11.3. The van der Waals surface area contributed by atoms with Crippen LogP contribution in [0.3, 0.4) is 0 Å². The van der Waals surface area contributed by atoms with Gasteiger partial charge in [-0.25, -0.2) is 0 Å². The highest BCUT2D eigenvalue weighted by molar-refractivity contribution is 5.90. The lowest BCUT2D eigenvalue weighted by molar-refractivity contribution is 0.224. The molecule has 3 nitrogen and oxygen atoms in total. The van der Waals surface area contributed by atoms with Crippen LogP contribution in [0.1, 0.15) is 24.0 Å². The summed E-state index contributed by atoms with van der Waals surface area (Å²) in [6.07, 6.45) is 5.57. The fourth-order valence-corrected chi connectivity index (χ4v) is 3.84. The van der Waals surface area contributed by atoms with Gasteiger partial charge in [0.25, 0.3) is 0 Å². The second-order valence-corrected chi connectivity index (χ2v) is 6.00. The Morgan fingerprint density at radius 1 is 1.37 bits per heavy atom. The Labute approximate surface area is 112 Å². The summed E-state index contributed by atoms with van der Waals surface area (Å²) in [6, 6.07) is 4.28. The van der Waals surface area contributed by atoms with Crippen molar-refractivity contribution in [1.82, 2.24) is 9.88 Å². The maximum atomic E-state index is 9.94. The highest BCUT2D eigenvalue weighted by Gasteiger charge is 2.35. The summed E-state index contributed by atoms with van der Waals surface area (Å²) in [4.78, 5) is 5.73. The molecule has 0 bridgehead atoms. The van der Waals surface area contributed by atoms with Crippen molar-refractivity contribution in [1.29, 1.82) is 0 Å². The van der Waals surface area contributed by atoms with Crippen molar-refractivity contribution in [2.75, 3.05) is 13.6 Å². The average molecular weight is 254 g/mol. The van der Waals surface area contributed by atoms with E-state index in [-0.39, 0.29) is 0 Å². The molecule has 0 saturated heterocycles. The van der Waals surface area contributed by atoms with Crippen molar-refractivity contribution in [3.05, 3.63) is 41.1 Å². The smallest absolute Gasteiger partial charge is 0.117 e. The molecule has 0 spiro atoms. The lowest BCUT2D eigenvalue weighted by Crippen LogP contribution is -2.43. The Morgan fingerprint density at radius 3 is 3.05 bits per heavy atom. The summed E-state index contributed by atoms with van der Waals surface area (Å²) >= 11 is 0. The summed E-state index contributed by atoms with van der Waals surface area (Å²) in [5.41, 5.74) is 5.13. The second kappa shape index (κ2) is 3.64. The van der Waals surface area contributed by atoms with Crippen LogP contribution in [0, 0.1) is 0 Å². The van der Waals surface area contributed by atoms with Crippen molar-refractivity contribution in [2.24, 2.45) is 0 Å². The van der Waals surface area contributed by atoms with Crippen LogP contribution < -0.4 is 0 Å². The van der Waals surface area contributed by atoms with E-state index in [1.54, 1.807) is 0 Å². The number of fused-ring (bicyclic) bond motifs is 2. The third kappa shape index (κ3) is 1.48. The van der Waals surface area contributed by atoms with E-state index in [1.165, 1.54) is 22.1 Å². The van der Waals surface area contributed by atoms with E-state index in [0.29, 0.717) is 17.7 Å². The molecule has 98 valence electrons. The molecule has 0 fully saturated rings. The van der Waals surface area contributed by atoms with E-state index in [2.05, 4.69) is 36.1 Å². The van der Waals surface area contributed by atoms with Gasteiger partial charge >= 0.3 is 0 Å². The Balaban J connectivity index is 2.01. The molecule has 0 radical (unpaired) electrons. The lowest BCUT2D eigenvalue weighted by Gasteiger charge is -2.40. The summed E-state index contributed by atoms with van der Waals surface area (Å²) < 4.78 is 0. The number of aromatic amines is 1. The highest BCUT2D eigenvalue weighted by Crippen LogP contribution is 2.43. The van der Waals surface area contributed by atoms with Gasteiger partial charge in [-0.3, -0.25) is 4.90 Å². The number of hydrogen-bond donors (Lipinski definition) is 2. The van der Waals surface area contributed by atoms with Gasteiger partial charge in [0.05, 0.1) is 0 Å². The Hall–Kier alpha value is -1.74. The minimum absolute atomic E-state index is 0.357. The molecule has 2 atom stereocenters. The number of phenols is 1. The van der Waals surface area contributed by atoms with Gasteiger partial charge in [0.1, 0.15) is 5.75 Å². The van der Waals surface area contributed by atoms with Gasteiger partial charge in [0, 0.05) is 41.7 Å². The van der Waals surface area contributed by atoms with Crippen LogP contribution in [0.5, 0.6) is 5.75 Å². The molecule has 2 N–H and O–H groups in total. The quantitative estimate of drug-likeness (QED) is 0.710. The van der Waals surface area contributed by atoms with Gasteiger partial charge in [-0.15, -0.1) is 0 Å². The first-order valence-electron chi connectivity index (χ1n) is 6.84. The molecule has 3 heteroatoms. The standard InChI is InChI=1S/C16H18N2O/c1-9-3-12-13-5-11(19)6-14-16(13)10(7-17-14)4-15(12)18(2)8-9/h3,5-7,12,15,17,19H,4,8H2,1-2H3/t12-,15-/m1/s1. The minimum atomic E-state index is 0.357. The summed E-state index contributed by atoms with van der Waals surface area (Å²) in [7, 11) is 2.20. The summed E-state index contributed by atoms with van der Waals surface area (Å²) in [6.45, 7) is 3.24. The van der Waals surface area contributed by atoms with Crippen LogP contribution in [-0.2, 0) is 6.42 Å². The first-order chi connectivity index (χ1) is 9.13. The van der Waals surface area contributed by atoms with E-state index in [0.717, 1.165) is 18.5 Å². The zero-order valence-electron chi connectivity index (χ0n) is 11.3. The molecule has 19 heavy (non-hydrogen) atoms. The number of phenolic OH excluding ortho intramolecular Hbond substituents is 1. The number of rotatable bonds is 0. The van der Waals surface area contributed by atoms with Gasteiger partial charge in [-0.2, -0.15) is 0 Å². The molecular weight excluding hydrogens is 236 g/mol. The molecule has 1 aromatic heterocycles. The fraction of sp³-hybridized carbons (Fsp3) is 0.375. The number of aromatic nitrogens is 1. The fourth-order valence-electron chi connectivity index (χ4n) is 3.84. The number of aromatic hydroxyl groups is 1. The van der Waals surface area contributed by atoms with Crippen molar-refractivity contribution >= 4 is 10.9 Å². The van der Waals surface area contributed by atoms with Crippen molar-refractivity contribution in [2.45, 2.75) is 25.3 Å². The van der Waals surface area contributed by atoms with E-state index >= 15 is 0 Å². The van der Waals surface area contributed by atoms with Gasteiger partial charge in [-0.05, 0) is 37.6 Å². The molecule has 0 unspecified atom stereocenters. The Morgan fingerprint density at radius 2 is 2.21 bits per heavy atom. The van der Waals surface area contributed by atoms with Crippen molar-refractivity contribution < 1.29 is 5.11 Å².